The maximum absolute atomic E-state index is 12.6. The molecule has 3 unspecified atom stereocenters. The topological polar surface area (TPSA) is 84.0 Å². The predicted molar refractivity (Wildman–Crippen MR) is 95.5 cm³/mol. The molecule has 2 saturated heterocycles. The SMILES string of the molecule is C=CCC1C(=O)N(S(C)(=O)=O)C2CCN(C(=O)OCc3ccccc3)C12. The zero-order chi connectivity index (χ0) is 18.9. The molecule has 7 nitrogen and oxygen atoms in total. The lowest BCUT2D eigenvalue weighted by Gasteiger charge is -2.26. The van der Waals surface area contributed by atoms with Crippen LogP contribution in [-0.2, 0) is 26.2 Å². The zero-order valence-electron chi connectivity index (χ0n) is 14.6. The highest BCUT2D eigenvalue weighted by Gasteiger charge is 2.57. The number of amides is 2. The Hall–Kier alpha value is -2.35. The number of carbonyl (C=O) groups is 2. The van der Waals surface area contributed by atoms with Crippen molar-refractivity contribution in [2.45, 2.75) is 31.5 Å². The number of hydrogen-bond acceptors (Lipinski definition) is 5. The van der Waals surface area contributed by atoms with Crippen molar-refractivity contribution < 1.29 is 22.7 Å². The number of rotatable bonds is 5. The molecule has 0 aliphatic carbocycles. The van der Waals surface area contributed by atoms with Gasteiger partial charge < -0.3 is 9.64 Å². The van der Waals surface area contributed by atoms with E-state index in [0.29, 0.717) is 19.4 Å². The summed E-state index contributed by atoms with van der Waals surface area (Å²) in [4.78, 5) is 26.7. The number of benzene rings is 1. The predicted octanol–water partition coefficient (Wildman–Crippen LogP) is 1.76. The minimum Gasteiger partial charge on any atom is -0.445 e. The molecule has 1 aromatic rings. The normalized spacial score (nSPS) is 25.3. The van der Waals surface area contributed by atoms with E-state index in [1.807, 2.05) is 30.3 Å². The van der Waals surface area contributed by atoms with E-state index in [9.17, 15) is 18.0 Å². The van der Waals surface area contributed by atoms with Crippen molar-refractivity contribution in [1.29, 1.82) is 0 Å². The average Bonchev–Trinajstić information content (AvgIpc) is 3.12. The van der Waals surface area contributed by atoms with Gasteiger partial charge in [0.1, 0.15) is 6.61 Å². The second-order valence-corrected chi connectivity index (χ2v) is 8.47. The summed E-state index contributed by atoms with van der Waals surface area (Å²) in [5.41, 5.74) is 0.861. The number of likely N-dealkylation sites (tertiary alicyclic amines) is 1. The largest absolute Gasteiger partial charge is 0.445 e. The van der Waals surface area contributed by atoms with Crippen molar-refractivity contribution in [1.82, 2.24) is 9.21 Å². The number of nitrogens with zero attached hydrogens (tertiary/aromatic N) is 2. The Bertz CT molecular complexity index is 808. The molecule has 26 heavy (non-hydrogen) atoms. The molecule has 0 bridgehead atoms. The molecule has 0 aromatic heterocycles. The van der Waals surface area contributed by atoms with Crippen molar-refractivity contribution >= 4 is 22.0 Å². The summed E-state index contributed by atoms with van der Waals surface area (Å²) in [5, 5.41) is 0. The second-order valence-electron chi connectivity index (χ2n) is 6.61. The van der Waals surface area contributed by atoms with Gasteiger partial charge in [0.2, 0.25) is 15.9 Å². The number of fused-ring (bicyclic) bond motifs is 1. The third kappa shape index (κ3) is 3.33. The summed E-state index contributed by atoms with van der Waals surface area (Å²) in [5.74, 6) is -1.08. The Morgan fingerprint density at radius 3 is 2.65 bits per heavy atom. The van der Waals surface area contributed by atoms with E-state index in [1.54, 1.807) is 6.08 Å². The smallest absolute Gasteiger partial charge is 0.410 e. The third-order valence-electron chi connectivity index (χ3n) is 4.89. The number of sulfonamides is 1. The van der Waals surface area contributed by atoms with Gasteiger partial charge in [-0.1, -0.05) is 36.4 Å². The van der Waals surface area contributed by atoms with Gasteiger partial charge in [-0.15, -0.1) is 6.58 Å². The van der Waals surface area contributed by atoms with Gasteiger partial charge >= 0.3 is 6.09 Å². The maximum Gasteiger partial charge on any atom is 0.410 e. The number of ether oxygens (including phenoxy) is 1. The fourth-order valence-electron chi connectivity index (χ4n) is 3.86. The lowest BCUT2D eigenvalue weighted by molar-refractivity contribution is -0.128. The molecule has 140 valence electrons. The molecule has 8 heteroatoms. The minimum absolute atomic E-state index is 0.128. The first-order chi connectivity index (χ1) is 12.3. The van der Waals surface area contributed by atoms with E-state index in [0.717, 1.165) is 16.1 Å². The first-order valence-electron chi connectivity index (χ1n) is 8.46. The molecule has 0 N–H and O–H groups in total. The lowest BCUT2D eigenvalue weighted by Crippen LogP contribution is -2.43. The molecule has 2 fully saturated rings. The number of carbonyl (C=O) groups excluding carboxylic acids is 2. The van der Waals surface area contributed by atoms with Crippen LogP contribution in [0.15, 0.2) is 43.0 Å². The highest BCUT2D eigenvalue weighted by molar-refractivity contribution is 7.88. The van der Waals surface area contributed by atoms with Gasteiger partial charge in [-0.2, -0.15) is 0 Å². The van der Waals surface area contributed by atoms with Crippen LogP contribution in [0.1, 0.15) is 18.4 Å². The number of hydrogen-bond donors (Lipinski definition) is 0. The van der Waals surface area contributed by atoms with Crippen LogP contribution < -0.4 is 0 Å². The van der Waals surface area contributed by atoms with E-state index in [1.165, 1.54) is 4.90 Å². The number of allylic oxidation sites excluding steroid dienone is 1. The van der Waals surface area contributed by atoms with E-state index in [-0.39, 0.29) is 6.61 Å². The Balaban J connectivity index is 1.78. The quantitative estimate of drug-likeness (QED) is 0.729. The van der Waals surface area contributed by atoms with Crippen LogP contribution in [0, 0.1) is 5.92 Å². The van der Waals surface area contributed by atoms with E-state index < -0.39 is 40.0 Å². The molecular formula is C18H22N2O5S. The monoisotopic (exact) mass is 378 g/mol. The zero-order valence-corrected chi connectivity index (χ0v) is 15.4. The summed E-state index contributed by atoms with van der Waals surface area (Å²) in [6, 6.07) is 8.24. The lowest BCUT2D eigenvalue weighted by atomic mass is 9.96. The van der Waals surface area contributed by atoms with Crippen LogP contribution >= 0.6 is 0 Å². The molecule has 2 heterocycles. The summed E-state index contributed by atoms with van der Waals surface area (Å²) in [6.45, 7) is 4.14. The van der Waals surface area contributed by atoms with Gasteiger partial charge in [0.05, 0.1) is 24.3 Å². The van der Waals surface area contributed by atoms with Crippen molar-refractivity contribution in [3.63, 3.8) is 0 Å². The van der Waals surface area contributed by atoms with Gasteiger partial charge in [-0.05, 0) is 18.4 Å². The van der Waals surface area contributed by atoms with Gasteiger partial charge in [0.25, 0.3) is 0 Å². The van der Waals surface area contributed by atoms with Crippen LogP contribution in [0.3, 0.4) is 0 Å². The molecule has 0 spiro atoms. The Labute approximate surface area is 153 Å². The van der Waals surface area contributed by atoms with Crippen molar-refractivity contribution in [2.75, 3.05) is 12.8 Å². The third-order valence-corrected chi connectivity index (χ3v) is 6.05. The van der Waals surface area contributed by atoms with E-state index in [4.69, 9.17) is 4.74 Å². The van der Waals surface area contributed by atoms with Crippen LogP contribution in [0.5, 0.6) is 0 Å². The molecule has 2 aliphatic heterocycles. The standard InChI is InChI=1S/C18H22N2O5S/c1-3-7-14-16-15(20(17(14)21)26(2,23)24)10-11-19(16)18(22)25-12-13-8-5-4-6-9-13/h3-6,8-9,14-16H,1,7,10-12H2,2H3. The average molecular weight is 378 g/mol. The summed E-state index contributed by atoms with van der Waals surface area (Å²) >= 11 is 0. The molecule has 3 atom stereocenters. The molecule has 0 radical (unpaired) electrons. The van der Waals surface area contributed by atoms with Crippen LogP contribution in [0.25, 0.3) is 0 Å². The first kappa shape index (κ1) is 18.4. The summed E-state index contributed by atoms with van der Waals surface area (Å²) < 4.78 is 30.5. The van der Waals surface area contributed by atoms with Crippen molar-refractivity contribution in [3.05, 3.63) is 48.6 Å². The highest BCUT2D eigenvalue weighted by Crippen LogP contribution is 2.39. The molecule has 3 rings (SSSR count). The first-order valence-corrected chi connectivity index (χ1v) is 10.3. The fourth-order valence-corrected chi connectivity index (χ4v) is 5.04. The van der Waals surface area contributed by atoms with Crippen LogP contribution in [0.4, 0.5) is 4.79 Å². The van der Waals surface area contributed by atoms with Gasteiger partial charge in [0.15, 0.2) is 0 Å². The Morgan fingerprint density at radius 1 is 1.35 bits per heavy atom. The van der Waals surface area contributed by atoms with Crippen LogP contribution in [-0.4, -0.2) is 54.5 Å². The molecular weight excluding hydrogens is 356 g/mol. The van der Waals surface area contributed by atoms with Crippen molar-refractivity contribution in [2.24, 2.45) is 5.92 Å². The fraction of sp³-hybridized carbons (Fsp3) is 0.444. The second kappa shape index (κ2) is 7.11. The molecule has 1 aromatic carbocycles. The van der Waals surface area contributed by atoms with Gasteiger partial charge in [-0.25, -0.2) is 17.5 Å². The van der Waals surface area contributed by atoms with Crippen LogP contribution in [0.2, 0.25) is 0 Å². The Kier molecular flexibility index (Phi) is 5.04. The molecule has 2 amide bonds. The maximum atomic E-state index is 12.6. The summed E-state index contributed by atoms with van der Waals surface area (Å²) in [6.07, 6.45) is 2.80. The Morgan fingerprint density at radius 2 is 2.04 bits per heavy atom. The van der Waals surface area contributed by atoms with Crippen molar-refractivity contribution in [3.8, 4) is 0 Å². The molecule has 0 saturated carbocycles. The molecule has 2 aliphatic rings. The minimum atomic E-state index is -3.69. The van der Waals surface area contributed by atoms with Gasteiger partial charge in [0, 0.05) is 6.54 Å². The van der Waals surface area contributed by atoms with Gasteiger partial charge in [-0.3, -0.25) is 4.79 Å². The van der Waals surface area contributed by atoms with E-state index in [2.05, 4.69) is 6.58 Å². The summed E-state index contributed by atoms with van der Waals surface area (Å²) in [7, 11) is -3.69. The van der Waals surface area contributed by atoms with E-state index >= 15 is 0 Å². The highest BCUT2D eigenvalue weighted by atomic mass is 32.2.